The highest BCUT2D eigenvalue weighted by molar-refractivity contribution is 5.94. The SMILES string of the molecule is CC1CC(C)CN(c2ccc(C(=O)O)c(N)c2)C1. The second-order valence-corrected chi connectivity index (χ2v) is 5.43. The Labute approximate surface area is 107 Å². The lowest BCUT2D eigenvalue weighted by molar-refractivity contribution is 0.0698. The topological polar surface area (TPSA) is 66.6 Å². The first-order valence-electron chi connectivity index (χ1n) is 6.35. The van der Waals surface area contributed by atoms with Gasteiger partial charge in [0.25, 0.3) is 0 Å². The lowest BCUT2D eigenvalue weighted by Gasteiger charge is -2.36. The lowest BCUT2D eigenvalue weighted by atomic mass is 9.91. The van der Waals surface area contributed by atoms with Crippen LogP contribution < -0.4 is 10.6 Å². The summed E-state index contributed by atoms with van der Waals surface area (Å²) in [5.74, 6) is 0.350. The Hall–Kier alpha value is -1.71. The van der Waals surface area contributed by atoms with Gasteiger partial charge in [-0.1, -0.05) is 13.8 Å². The number of carboxylic acid groups (broad SMARTS) is 1. The number of benzene rings is 1. The Morgan fingerprint density at radius 2 is 1.94 bits per heavy atom. The van der Waals surface area contributed by atoms with Crippen molar-refractivity contribution >= 4 is 17.3 Å². The maximum atomic E-state index is 10.9. The van der Waals surface area contributed by atoms with Gasteiger partial charge in [-0.15, -0.1) is 0 Å². The molecule has 1 aliphatic heterocycles. The van der Waals surface area contributed by atoms with E-state index < -0.39 is 5.97 Å². The van der Waals surface area contributed by atoms with Crippen LogP contribution in [0.15, 0.2) is 18.2 Å². The summed E-state index contributed by atoms with van der Waals surface area (Å²) in [6.45, 7) is 6.52. The molecule has 2 rings (SSSR count). The molecule has 0 bridgehead atoms. The van der Waals surface area contributed by atoms with Crippen molar-refractivity contribution in [2.45, 2.75) is 20.3 Å². The van der Waals surface area contributed by atoms with Gasteiger partial charge in [-0.25, -0.2) is 4.79 Å². The van der Waals surface area contributed by atoms with Crippen LogP contribution in [0.1, 0.15) is 30.6 Å². The summed E-state index contributed by atoms with van der Waals surface area (Å²) in [6, 6.07) is 5.22. The Morgan fingerprint density at radius 3 is 2.44 bits per heavy atom. The number of carboxylic acids is 1. The van der Waals surface area contributed by atoms with E-state index in [1.807, 2.05) is 6.07 Å². The molecular weight excluding hydrogens is 228 g/mol. The minimum Gasteiger partial charge on any atom is -0.478 e. The molecule has 0 aliphatic carbocycles. The third-order valence-electron chi connectivity index (χ3n) is 3.50. The number of nitrogens with two attached hydrogens (primary N) is 1. The average molecular weight is 248 g/mol. The summed E-state index contributed by atoms with van der Waals surface area (Å²) in [5.41, 5.74) is 7.33. The molecule has 0 aromatic heterocycles. The van der Waals surface area contributed by atoms with Crippen molar-refractivity contribution in [3.05, 3.63) is 23.8 Å². The molecular formula is C14H20N2O2. The van der Waals surface area contributed by atoms with Gasteiger partial charge in [-0.05, 0) is 36.5 Å². The number of anilines is 2. The highest BCUT2D eigenvalue weighted by Gasteiger charge is 2.22. The van der Waals surface area contributed by atoms with Gasteiger partial charge in [0.2, 0.25) is 0 Å². The number of aromatic carboxylic acids is 1. The number of rotatable bonds is 2. The van der Waals surface area contributed by atoms with Gasteiger partial charge in [0.1, 0.15) is 0 Å². The molecule has 0 spiro atoms. The second-order valence-electron chi connectivity index (χ2n) is 5.43. The monoisotopic (exact) mass is 248 g/mol. The summed E-state index contributed by atoms with van der Waals surface area (Å²) in [6.07, 6.45) is 1.25. The van der Waals surface area contributed by atoms with E-state index in [1.54, 1.807) is 12.1 Å². The predicted molar refractivity (Wildman–Crippen MR) is 73.0 cm³/mol. The fourth-order valence-corrected chi connectivity index (χ4v) is 2.82. The van der Waals surface area contributed by atoms with E-state index in [9.17, 15) is 4.79 Å². The lowest BCUT2D eigenvalue weighted by Crippen LogP contribution is -2.38. The van der Waals surface area contributed by atoms with Crippen LogP contribution in [0.25, 0.3) is 0 Å². The number of hydrogen-bond acceptors (Lipinski definition) is 3. The highest BCUT2D eigenvalue weighted by Crippen LogP contribution is 2.28. The Bertz CT molecular complexity index is 449. The van der Waals surface area contributed by atoms with Crippen LogP contribution >= 0.6 is 0 Å². The number of nitrogen functional groups attached to an aromatic ring is 1. The minimum atomic E-state index is -0.973. The van der Waals surface area contributed by atoms with Gasteiger partial charge in [0, 0.05) is 24.5 Å². The van der Waals surface area contributed by atoms with E-state index in [0.29, 0.717) is 17.5 Å². The molecule has 0 amide bonds. The van der Waals surface area contributed by atoms with Crippen LogP contribution in [-0.4, -0.2) is 24.2 Å². The average Bonchev–Trinajstić information content (AvgIpc) is 2.26. The largest absolute Gasteiger partial charge is 0.478 e. The first-order chi connectivity index (χ1) is 8.47. The quantitative estimate of drug-likeness (QED) is 0.789. The van der Waals surface area contributed by atoms with Crippen molar-refractivity contribution in [3.8, 4) is 0 Å². The number of carbonyl (C=O) groups is 1. The zero-order valence-electron chi connectivity index (χ0n) is 10.9. The molecule has 1 fully saturated rings. The molecule has 1 aromatic rings. The normalized spacial score (nSPS) is 24.0. The molecule has 3 N–H and O–H groups in total. The van der Waals surface area contributed by atoms with Gasteiger partial charge in [0.05, 0.1) is 5.56 Å². The number of hydrogen-bond donors (Lipinski definition) is 2. The van der Waals surface area contributed by atoms with Crippen LogP contribution in [-0.2, 0) is 0 Å². The summed E-state index contributed by atoms with van der Waals surface area (Å²) >= 11 is 0. The molecule has 2 unspecified atom stereocenters. The highest BCUT2D eigenvalue weighted by atomic mass is 16.4. The van der Waals surface area contributed by atoms with Gasteiger partial charge >= 0.3 is 5.97 Å². The standard InChI is InChI=1S/C14H20N2O2/c1-9-5-10(2)8-16(7-9)11-3-4-12(14(17)18)13(15)6-11/h3-4,6,9-10H,5,7-8,15H2,1-2H3,(H,17,18). The summed E-state index contributed by atoms with van der Waals surface area (Å²) < 4.78 is 0. The van der Waals surface area contributed by atoms with Crippen molar-refractivity contribution in [1.82, 2.24) is 0 Å². The van der Waals surface area contributed by atoms with E-state index in [4.69, 9.17) is 10.8 Å². The van der Waals surface area contributed by atoms with Crippen LogP contribution in [0, 0.1) is 11.8 Å². The van der Waals surface area contributed by atoms with Gasteiger partial charge < -0.3 is 15.7 Å². The van der Waals surface area contributed by atoms with Crippen molar-refractivity contribution in [2.75, 3.05) is 23.7 Å². The molecule has 98 valence electrons. The Balaban J connectivity index is 2.23. The zero-order valence-corrected chi connectivity index (χ0v) is 10.9. The zero-order chi connectivity index (χ0) is 13.3. The molecule has 1 saturated heterocycles. The van der Waals surface area contributed by atoms with Crippen molar-refractivity contribution in [2.24, 2.45) is 11.8 Å². The van der Waals surface area contributed by atoms with E-state index in [1.165, 1.54) is 6.42 Å². The Morgan fingerprint density at radius 1 is 1.33 bits per heavy atom. The molecule has 0 saturated carbocycles. The fraction of sp³-hybridized carbons (Fsp3) is 0.500. The van der Waals surface area contributed by atoms with E-state index in [0.717, 1.165) is 18.8 Å². The van der Waals surface area contributed by atoms with E-state index in [2.05, 4.69) is 18.7 Å². The van der Waals surface area contributed by atoms with E-state index in [-0.39, 0.29) is 5.56 Å². The molecule has 4 nitrogen and oxygen atoms in total. The van der Waals surface area contributed by atoms with Crippen LogP contribution in [0.3, 0.4) is 0 Å². The maximum absolute atomic E-state index is 10.9. The number of piperidine rings is 1. The molecule has 0 radical (unpaired) electrons. The predicted octanol–water partition coefficient (Wildman–Crippen LogP) is 2.45. The third kappa shape index (κ3) is 2.58. The van der Waals surface area contributed by atoms with Gasteiger partial charge in [0.15, 0.2) is 0 Å². The summed E-state index contributed by atoms with van der Waals surface area (Å²) in [4.78, 5) is 13.2. The minimum absolute atomic E-state index is 0.178. The molecule has 1 aliphatic rings. The first kappa shape index (κ1) is 12.7. The number of nitrogens with zero attached hydrogens (tertiary/aromatic N) is 1. The van der Waals surface area contributed by atoms with E-state index >= 15 is 0 Å². The third-order valence-corrected chi connectivity index (χ3v) is 3.50. The summed E-state index contributed by atoms with van der Waals surface area (Å²) in [7, 11) is 0. The molecule has 18 heavy (non-hydrogen) atoms. The maximum Gasteiger partial charge on any atom is 0.337 e. The molecule has 4 heteroatoms. The van der Waals surface area contributed by atoms with Crippen molar-refractivity contribution < 1.29 is 9.90 Å². The van der Waals surface area contributed by atoms with Gasteiger partial charge in [-0.2, -0.15) is 0 Å². The fourth-order valence-electron chi connectivity index (χ4n) is 2.82. The molecule has 2 atom stereocenters. The van der Waals surface area contributed by atoms with Crippen molar-refractivity contribution in [3.63, 3.8) is 0 Å². The molecule has 1 aromatic carbocycles. The molecule has 1 heterocycles. The van der Waals surface area contributed by atoms with Crippen molar-refractivity contribution in [1.29, 1.82) is 0 Å². The van der Waals surface area contributed by atoms with Crippen LogP contribution in [0.5, 0.6) is 0 Å². The van der Waals surface area contributed by atoms with Gasteiger partial charge in [-0.3, -0.25) is 0 Å². The smallest absolute Gasteiger partial charge is 0.337 e. The first-order valence-corrected chi connectivity index (χ1v) is 6.35. The van der Waals surface area contributed by atoms with Crippen LogP contribution in [0.2, 0.25) is 0 Å². The second kappa shape index (κ2) is 4.88. The van der Waals surface area contributed by atoms with Crippen LogP contribution in [0.4, 0.5) is 11.4 Å². The Kier molecular flexibility index (Phi) is 3.45. The summed E-state index contributed by atoms with van der Waals surface area (Å²) in [5, 5.41) is 8.96.